The Morgan fingerprint density at radius 2 is 2.33 bits per heavy atom. The summed E-state index contributed by atoms with van der Waals surface area (Å²) < 4.78 is 5.12. The molecule has 6 nitrogen and oxygen atoms in total. The number of nitro benzene ring substituents is 1. The van der Waals surface area contributed by atoms with Crippen LogP contribution in [0.2, 0.25) is 0 Å². The molecule has 0 bridgehead atoms. The number of nitro groups is 1. The molecule has 0 saturated heterocycles. The largest absolute Gasteiger partial charge is 0.494 e. The highest BCUT2D eigenvalue weighted by atomic mass is 16.6. The van der Waals surface area contributed by atoms with Gasteiger partial charge in [0, 0.05) is 12.1 Å². The Labute approximate surface area is 85.3 Å². The van der Waals surface area contributed by atoms with Crippen LogP contribution in [0.3, 0.4) is 0 Å². The van der Waals surface area contributed by atoms with E-state index in [-0.39, 0.29) is 11.4 Å². The molecule has 0 aromatic heterocycles. The lowest BCUT2D eigenvalue weighted by Gasteiger charge is -2.02. The fraction of sp³-hybridized carbons (Fsp3) is 0.222. The maximum absolute atomic E-state index is 10.5. The molecule has 0 N–H and O–H groups in total. The van der Waals surface area contributed by atoms with Gasteiger partial charge in [-0.1, -0.05) is 0 Å². The van der Waals surface area contributed by atoms with E-state index in [0.717, 1.165) is 0 Å². The quantitative estimate of drug-likeness (QED) is 0.327. The van der Waals surface area contributed by atoms with E-state index < -0.39 is 4.92 Å². The predicted octanol–water partition coefficient (Wildman–Crippen LogP) is 1.96. The number of hydrogen-bond acceptors (Lipinski definition) is 5. The van der Waals surface area contributed by atoms with Gasteiger partial charge < -0.3 is 4.74 Å². The van der Waals surface area contributed by atoms with Gasteiger partial charge in [-0.05, 0) is 13.0 Å². The molecule has 0 radical (unpaired) electrons. The molecule has 78 valence electrons. The Morgan fingerprint density at radius 1 is 1.60 bits per heavy atom. The second kappa shape index (κ2) is 4.88. The van der Waals surface area contributed by atoms with Crippen LogP contribution in [-0.2, 0) is 4.79 Å². The number of hydrogen-bond donors (Lipinski definition) is 0. The summed E-state index contributed by atoms with van der Waals surface area (Å²) in [4.78, 5) is 23.2. The minimum atomic E-state index is -0.619. The minimum Gasteiger partial charge on any atom is -0.494 e. The smallest absolute Gasteiger partial charge is 0.296 e. The fourth-order valence-electron chi connectivity index (χ4n) is 1.05. The van der Waals surface area contributed by atoms with Crippen molar-refractivity contribution in [2.75, 3.05) is 6.61 Å². The third kappa shape index (κ3) is 2.62. The van der Waals surface area contributed by atoms with Crippen LogP contribution in [0.1, 0.15) is 6.92 Å². The maximum atomic E-state index is 10.5. The molecule has 0 amide bonds. The van der Waals surface area contributed by atoms with Gasteiger partial charge in [0.1, 0.15) is 5.75 Å². The Morgan fingerprint density at radius 3 is 2.87 bits per heavy atom. The standard InChI is InChI=1S/C9H8N2O4/c1-2-15-7-3-4-9(11(13)14)8(5-7)10-6-12/h3-5H,2H2,1H3. The highest BCUT2D eigenvalue weighted by molar-refractivity contribution is 5.64. The van der Waals surface area contributed by atoms with Crippen molar-refractivity contribution in [1.29, 1.82) is 0 Å². The maximum Gasteiger partial charge on any atom is 0.296 e. The van der Waals surface area contributed by atoms with Crippen LogP contribution in [-0.4, -0.2) is 17.6 Å². The molecule has 1 aromatic carbocycles. The van der Waals surface area contributed by atoms with Crippen molar-refractivity contribution in [3.63, 3.8) is 0 Å². The number of benzene rings is 1. The summed E-state index contributed by atoms with van der Waals surface area (Å²) in [6.45, 7) is 2.21. The Kier molecular flexibility index (Phi) is 3.54. The van der Waals surface area contributed by atoms with Crippen LogP contribution in [0.4, 0.5) is 11.4 Å². The first-order chi connectivity index (χ1) is 7.19. The molecule has 0 atom stereocenters. The summed E-state index contributed by atoms with van der Waals surface area (Å²) in [6, 6.07) is 4.01. The summed E-state index contributed by atoms with van der Waals surface area (Å²) in [5.74, 6) is 0.428. The van der Waals surface area contributed by atoms with E-state index in [0.29, 0.717) is 12.4 Å². The van der Waals surface area contributed by atoms with E-state index in [9.17, 15) is 14.9 Å². The van der Waals surface area contributed by atoms with Crippen LogP contribution in [0.25, 0.3) is 0 Å². The number of aliphatic imine (C=N–C) groups is 1. The van der Waals surface area contributed by atoms with Gasteiger partial charge in [0.25, 0.3) is 5.69 Å². The first kappa shape index (κ1) is 10.9. The molecule has 0 aliphatic heterocycles. The van der Waals surface area contributed by atoms with Crippen molar-refractivity contribution in [3.05, 3.63) is 28.3 Å². The molecule has 1 rings (SSSR count). The van der Waals surface area contributed by atoms with Gasteiger partial charge in [0.15, 0.2) is 5.69 Å². The van der Waals surface area contributed by atoms with Crippen molar-refractivity contribution in [1.82, 2.24) is 0 Å². The average Bonchev–Trinajstić information content (AvgIpc) is 2.18. The van der Waals surface area contributed by atoms with Gasteiger partial charge >= 0.3 is 0 Å². The zero-order valence-electron chi connectivity index (χ0n) is 7.97. The van der Waals surface area contributed by atoms with Gasteiger partial charge in [0.05, 0.1) is 11.5 Å². The molecule has 0 fully saturated rings. The first-order valence-corrected chi connectivity index (χ1v) is 4.18. The topological polar surface area (TPSA) is 81.8 Å². The van der Waals surface area contributed by atoms with Gasteiger partial charge in [0.2, 0.25) is 6.08 Å². The molecule has 0 aliphatic rings. The van der Waals surface area contributed by atoms with E-state index in [1.807, 2.05) is 0 Å². The second-order valence-corrected chi connectivity index (χ2v) is 2.54. The second-order valence-electron chi connectivity index (χ2n) is 2.54. The van der Waals surface area contributed by atoms with E-state index in [1.165, 1.54) is 24.3 Å². The van der Waals surface area contributed by atoms with E-state index in [1.54, 1.807) is 6.92 Å². The zero-order valence-corrected chi connectivity index (χ0v) is 7.97. The summed E-state index contributed by atoms with van der Waals surface area (Å²) in [5, 5.41) is 10.5. The van der Waals surface area contributed by atoms with Crippen LogP contribution in [0.15, 0.2) is 23.2 Å². The van der Waals surface area contributed by atoms with Crippen LogP contribution >= 0.6 is 0 Å². The Bertz CT molecular complexity index is 424. The summed E-state index contributed by atoms with van der Waals surface area (Å²) in [6.07, 6.45) is 1.26. The summed E-state index contributed by atoms with van der Waals surface area (Å²) in [7, 11) is 0. The third-order valence-corrected chi connectivity index (χ3v) is 1.62. The number of nitrogens with zero attached hydrogens (tertiary/aromatic N) is 2. The van der Waals surface area contributed by atoms with E-state index in [2.05, 4.69) is 4.99 Å². The molecule has 0 aliphatic carbocycles. The molecule has 1 aromatic rings. The molecule has 0 heterocycles. The fourth-order valence-corrected chi connectivity index (χ4v) is 1.05. The average molecular weight is 208 g/mol. The van der Waals surface area contributed by atoms with Gasteiger partial charge in [-0.3, -0.25) is 10.1 Å². The van der Waals surface area contributed by atoms with E-state index >= 15 is 0 Å². The minimum absolute atomic E-state index is 0.0547. The van der Waals surface area contributed by atoms with Crippen molar-refractivity contribution >= 4 is 17.5 Å². The van der Waals surface area contributed by atoms with Crippen molar-refractivity contribution in [3.8, 4) is 5.75 Å². The highest BCUT2D eigenvalue weighted by Crippen LogP contribution is 2.30. The van der Waals surface area contributed by atoms with Crippen LogP contribution in [0.5, 0.6) is 5.75 Å². The number of ether oxygens (including phenoxy) is 1. The van der Waals surface area contributed by atoms with Crippen LogP contribution in [0, 0.1) is 10.1 Å². The zero-order chi connectivity index (χ0) is 11.3. The molecule has 0 spiro atoms. The molecule has 6 heteroatoms. The third-order valence-electron chi connectivity index (χ3n) is 1.62. The van der Waals surface area contributed by atoms with Crippen molar-refractivity contribution in [2.24, 2.45) is 4.99 Å². The molecular weight excluding hydrogens is 200 g/mol. The monoisotopic (exact) mass is 208 g/mol. The van der Waals surface area contributed by atoms with Crippen molar-refractivity contribution < 1.29 is 14.5 Å². The lowest BCUT2D eigenvalue weighted by atomic mass is 10.2. The molecule has 0 unspecified atom stereocenters. The number of carbonyl (C=O) groups excluding carboxylic acids is 1. The van der Waals surface area contributed by atoms with Gasteiger partial charge in [-0.25, -0.2) is 4.79 Å². The first-order valence-electron chi connectivity index (χ1n) is 4.18. The Hall–Kier alpha value is -2.20. The lowest BCUT2D eigenvalue weighted by Crippen LogP contribution is -1.93. The normalized spacial score (nSPS) is 9.13. The Balaban J connectivity index is 3.20. The van der Waals surface area contributed by atoms with Crippen LogP contribution < -0.4 is 4.74 Å². The predicted molar refractivity (Wildman–Crippen MR) is 52.0 cm³/mol. The summed E-state index contributed by atoms with van der Waals surface area (Å²) >= 11 is 0. The van der Waals surface area contributed by atoms with Crippen molar-refractivity contribution in [2.45, 2.75) is 6.92 Å². The molecule has 15 heavy (non-hydrogen) atoms. The molecular formula is C9H8N2O4. The van der Waals surface area contributed by atoms with Gasteiger partial charge in [-0.15, -0.1) is 0 Å². The highest BCUT2D eigenvalue weighted by Gasteiger charge is 2.13. The number of rotatable bonds is 4. The molecule has 0 saturated carbocycles. The van der Waals surface area contributed by atoms with E-state index in [4.69, 9.17) is 4.74 Å². The number of isocyanates is 1. The van der Waals surface area contributed by atoms with Gasteiger partial charge in [-0.2, -0.15) is 4.99 Å². The summed E-state index contributed by atoms with van der Waals surface area (Å²) in [5.41, 5.74) is -0.303. The lowest BCUT2D eigenvalue weighted by molar-refractivity contribution is -0.384. The SMILES string of the molecule is CCOc1ccc([N+](=O)[O-])c(N=C=O)c1.